The first-order valence-electron chi connectivity index (χ1n) is 32.5. The Balaban J connectivity index is 0.866. The zero-order valence-corrected chi connectivity index (χ0v) is 52.6. The van der Waals surface area contributed by atoms with Gasteiger partial charge < -0.3 is 13.7 Å². The molecule has 0 saturated heterocycles. The minimum absolute atomic E-state index is 1.08. The molecule has 0 amide bonds. The number of hydrogen-bond donors (Lipinski definition) is 0. The first kappa shape index (κ1) is 54.8. The lowest BCUT2D eigenvalue weighted by Gasteiger charge is -2.35. The summed E-state index contributed by atoms with van der Waals surface area (Å²) in [5, 5.41) is 12.6. The zero-order valence-electron chi connectivity index (χ0n) is 51.6. The van der Waals surface area contributed by atoms with Crippen LogP contribution < -0.4 is 20.7 Å². The third-order valence-corrected chi connectivity index (χ3v) is 24.3. The average Bonchev–Trinajstić information content (AvgIpc) is 1.21. The van der Waals surface area contributed by atoms with Crippen molar-refractivity contribution in [1.82, 2.24) is 13.7 Å². The Kier molecular flexibility index (Phi) is 13.2. The highest BCUT2D eigenvalue weighted by Gasteiger charge is 2.42. The molecule has 0 spiro atoms. The van der Waals surface area contributed by atoms with Crippen molar-refractivity contribution in [1.29, 1.82) is 0 Å². The number of nitrogens with zero attached hydrogens (tertiary/aromatic N) is 3. The van der Waals surface area contributed by atoms with Crippen molar-refractivity contribution in [3.63, 3.8) is 0 Å². The second-order valence-electron chi connectivity index (χ2n) is 24.8. The minimum atomic E-state index is -3.09. The Morgan fingerprint density at radius 2 is 0.468 bits per heavy atom. The molecule has 440 valence electrons. The van der Waals surface area contributed by atoms with Gasteiger partial charge in [-0.05, 0) is 155 Å². The lowest BCUT2D eigenvalue weighted by Crippen LogP contribution is -2.74. The molecule has 3 heterocycles. The van der Waals surface area contributed by atoms with Crippen LogP contribution in [0.3, 0.4) is 0 Å². The van der Waals surface area contributed by atoms with E-state index in [1.807, 2.05) is 0 Å². The molecule has 18 aromatic rings. The fourth-order valence-corrected chi connectivity index (χ4v) is 20.0. The number of para-hydroxylation sites is 3. The maximum atomic E-state index is 2.52. The summed E-state index contributed by atoms with van der Waals surface area (Å²) in [6.07, 6.45) is 0. The van der Waals surface area contributed by atoms with E-state index in [0.717, 1.165) is 61.3 Å². The first-order chi connectivity index (χ1) is 46.6. The standard InChI is InChI=1S/C90H61N3Si/c1-7-25-62(26-8-1)67-45-51-88-83(58-67)84-59-68(63-27-9-2-10-28-63)46-52-89(84)91(88)72-47-50-82-81-39-21-24-42-87(81)93(90(82)61-72)74-55-71(54-73(60-74)92-85-40-22-19-37-79(85)80-38-20-23-41-86(80)92)66-43-48-77(49-44-66)94(75-33-15-5-16-34-75,76-35-17-6-18-36-76)78-56-69(64-29-11-3-12-30-64)53-70(57-78)65-31-13-4-14-32-65/h1-61H. The molecule has 0 saturated carbocycles. The van der Waals surface area contributed by atoms with Crippen LogP contribution in [0, 0.1) is 0 Å². The highest BCUT2D eigenvalue weighted by molar-refractivity contribution is 7.20. The average molecular weight is 1210 g/mol. The number of fused-ring (bicyclic) bond motifs is 9. The monoisotopic (exact) mass is 1210 g/mol. The van der Waals surface area contributed by atoms with Crippen LogP contribution in [0.4, 0.5) is 0 Å². The van der Waals surface area contributed by atoms with Crippen molar-refractivity contribution >= 4 is 94.2 Å². The summed E-state index contributed by atoms with van der Waals surface area (Å²) < 4.78 is 7.47. The van der Waals surface area contributed by atoms with Gasteiger partial charge in [-0.2, -0.15) is 0 Å². The summed E-state index contributed by atoms with van der Waals surface area (Å²) in [4.78, 5) is 0. The predicted octanol–water partition coefficient (Wildman–Crippen LogP) is 20.7. The highest BCUT2D eigenvalue weighted by atomic mass is 28.3. The molecule has 0 aliphatic heterocycles. The summed E-state index contributed by atoms with van der Waals surface area (Å²) in [5.74, 6) is 0. The molecule has 3 aromatic heterocycles. The van der Waals surface area contributed by atoms with Crippen molar-refractivity contribution in [3.05, 3.63) is 370 Å². The Labute approximate surface area is 547 Å². The van der Waals surface area contributed by atoms with E-state index >= 15 is 0 Å². The quantitative estimate of drug-likeness (QED) is 0.0855. The molecule has 0 bridgehead atoms. The van der Waals surface area contributed by atoms with Gasteiger partial charge >= 0.3 is 0 Å². The van der Waals surface area contributed by atoms with E-state index in [1.165, 1.54) is 97.6 Å². The van der Waals surface area contributed by atoms with Gasteiger partial charge in [-0.15, -0.1) is 0 Å². The maximum absolute atomic E-state index is 3.09. The summed E-state index contributed by atoms with van der Waals surface area (Å²) in [6.45, 7) is 0. The topological polar surface area (TPSA) is 14.8 Å². The molecule has 0 atom stereocenters. The zero-order chi connectivity index (χ0) is 62.1. The van der Waals surface area contributed by atoms with E-state index in [2.05, 4.69) is 384 Å². The Morgan fingerprint density at radius 3 is 0.915 bits per heavy atom. The summed E-state index contributed by atoms with van der Waals surface area (Å²) in [7, 11) is -3.09. The second-order valence-corrected chi connectivity index (χ2v) is 28.6. The number of aromatic nitrogens is 3. The van der Waals surface area contributed by atoms with Gasteiger partial charge in [0.1, 0.15) is 0 Å². The van der Waals surface area contributed by atoms with Crippen molar-refractivity contribution in [2.24, 2.45) is 0 Å². The van der Waals surface area contributed by atoms with E-state index < -0.39 is 8.07 Å². The highest BCUT2D eigenvalue weighted by Crippen LogP contribution is 2.42. The Hall–Kier alpha value is -12.1. The Bertz CT molecular complexity index is 5630. The fourth-order valence-electron chi connectivity index (χ4n) is 15.2. The smallest absolute Gasteiger partial charge is 0.179 e. The molecule has 0 unspecified atom stereocenters. The Morgan fingerprint density at radius 1 is 0.149 bits per heavy atom. The van der Waals surface area contributed by atoms with Crippen LogP contribution >= 0.6 is 0 Å². The fraction of sp³-hybridized carbons (Fsp3) is 0. The van der Waals surface area contributed by atoms with Crippen molar-refractivity contribution in [2.75, 3.05) is 0 Å². The maximum Gasteiger partial charge on any atom is 0.179 e. The molecule has 15 aromatic carbocycles. The predicted molar refractivity (Wildman–Crippen MR) is 400 cm³/mol. The molecule has 94 heavy (non-hydrogen) atoms. The summed E-state index contributed by atoms with van der Waals surface area (Å²) in [5.41, 5.74) is 22.0. The number of hydrogen-bond acceptors (Lipinski definition) is 0. The minimum Gasteiger partial charge on any atom is -0.309 e. The van der Waals surface area contributed by atoms with Gasteiger partial charge in [0, 0.05) is 49.4 Å². The van der Waals surface area contributed by atoms with Gasteiger partial charge in [0.15, 0.2) is 8.07 Å². The van der Waals surface area contributed by atoms with E-state index in [0.29, 0.717) is 0 Å². The molecule has 0 N–H and O–H groups in total. The number of rotatable bonds is 12. The van der Waals surface area contributed by atoms with Gasteiger partial charge in [0.25, 0.3) is 0 Å². The van der Waals surface area contributed by atoms with Gasteiger partial charge in [0.2, 0.25) is 0 Å². The summed E-state index contributed by atoms with van der Waals surface area (Å²) in [6, 6.07) is 138. The molecule has 3 nitrogen and oxygen atoms in total. The first-order valence-corrected chi connectivity index (χ1v) is 34.5. The van der Waals surface area contributed by atoms with Crippen LogP contribution in [-0.4, -0.2) is 21.8 Å². The third-order valence-electron chi connectivity index (χ3n) is 19.5. The molecule has 4 heteroatoms. The van der Waals surface area contributed by atoms with Crippen LogP contribution in [0.1, 0.15) is 0 Å². The van der Waals surface area contributed by atoms with E-state index in [4.69, 9.17) is 0 Å². The van der Waals surface area contributed by atoms with E-state index in [-0.39, 0.29) is 0 Å². The van der Waals surface area contributed by atoms with Crippen molar-refractivity contribution in [3.8, 4) is 72.7 Å². The molecule has 0 aliphatic carbocycles. The van der Waals surface area contributed by atoms with Crippen LogP contribution in [0.25, 0.3) is 138 Å². The van der Waals surface area contributed by atoms with Crippen LogP contribution in [0.15, 0.2) is 370 Å². The van der Waals surface area contributed by atoms with Crippen molar-refractivity contribution < 1.29 is 0 Å². The lowest BCUT2D eigenvalue weighted by molar-refractivity contribution is 1.13. The van der Waals surface area contributed by atoms with Crippen LogP contribution in [0.2, 0.25) is 0 Å². The largest absolute Gasteiger partial charge is 0.309 e. The third kappa shape index (κ3) is 9.10. The second kappa shape index (κ2) is 22.7. The molecule has 18 rings (SSSR count). The van der Waals surface area contributed by atoms with Gasteiger partial charge in [-0.3, -0.25) is 0 Å². The summed E-state index contributed by atoms with van der Waals surface area (Å²) >= 11 is 0. The van der Waals surface area contributed by atoms with Gasteiger partial charge in [-0.25, -0.2) is 0 Å². The molecular formula is C90H61N3Si. The SMILES string of the molecule is c1ccc(-c2cc(-c3ccccc3)cc([Si](c3ccccc3)(c3ccccc3)c3ccc(-c4cc(-n5c6ccccc6c6ccccc65)cc(-n5c6ccccc6c6ccc(-n7c8ccc(-c9ccccc9)cc8c8cc(-c9ccccc9)ccc87)cc65)c4)cc3)c2)cc1. The van der Waals surface area contributed by atoms with Gasteiger partial charge in [-0.1, -0.05) is 291 Å². The van der Waals surface area contributed by atoms with Crippen molar-refractivity contribution in [2.45, 2.75) is 0 Å². The van der Waals surface area contributed by atoms with E-state index in [9.17, 15) is 0 Å². The van der Waals surface area contributed by atoms with Crippen LogP contribution in [0.5, 0.6) is 0 Å². The lowest BCUT2D eigenvalue weighted by atomic mass is 9.99. The van der Waals surface area contributed by atoms with E-state index in [1.54, 1.807) is 0 Å². The number of benzene rings is 15. The molecule has 0 aliphatic rings. The molecular weight excluding hydrogens is 1150 g/mol. The molecule has 0 fully saturated rings. The normalized spacial score (nSPS) is 11.8. The van der Waals surface area contributed by atoms with Crippen LogP contribution in [-0.2, 0) is 0 Å². The van der Waals surface area contributed by atoms with Gasteiger partial charge in [0.05, 0.1) is 33.1 Å². The molecule has 0 radical (unpaired) electrons.